The van der Waals surface area contributed by atoms with Crippen LogP contribution >= 0.6 is 0 Å². The zero-order valence-corrected chi connectivity index (χ0v) is 11.5. The summed E-state index contributed by atoms with van der Waals surface area (Å²) in [5, 5.41) is 2.83. The van der Waals surface area contributed by atoms with Gasteiger partial charge in [0.05, 0.1) is 0 Å². The Balaban J connectivity index is 2.32. The normalized spacial score (nSPS) is 15.8. The van der Waals surface area contributed by atoms with Crippen molar-refractivity contribution in [3.05, 3.63) is 17.7 Å². The third kappa shape index (κ3) is 2.96. The van der Waals surface area contributed by atoms with Gasteiger partial charge in [0, 0.05) is 25.2 Å². The average molecular weight is 269 g/mol. The largest absolute Gasteiger partial charge is 0.368 e. The van der Waals surface area contributed by atoms with Gasteiger partial charge in [0.15, 0.2) is 23.3 Å². The molecule has 1 N–H and O–H groups in total. The van der Waals surface area contributed by atoms with E-state index in [4.69, 9.17) is 0 Å². The van der Waals surface area contributed by atoms with E-state index in [1.54, 1.807) is 0 Å². The summed E-state index contributed by atoms with van der Waals surface area (Å²) in [6.45, 7) is 5.09. The maximum absolute atomic E-state index is 14.0. The van der Waals surface area contributed by atoms with Crippen LogP contribution < -0.4 is 10.2 Å². The van der Waals surface area contributed by atoms with E-state index in [0.717, 1.165) is 18.9 Å². The third-order valence-corrected chi connectivity index (χ3v) is 3.63. The minimum Gasteiger partial charge on any atom is -0.368 e. The van der Waals surface area contributed by atoms with Gasteiger partial charge >= 0.3 is 0 Å². The maximum Gasteiger partial charge on any atom is 0.168 e. The number of halogens is 2. The number of hydrogen-bond acceptors (Lipinski definition) is 3. The van der Waals surface area contributed by atoms with Crippen LogP contribution in [-0.2, 0) is 0 Å². The molecule has 1 aliphatic rings. The van der Waals surface area contributed by atoms with E-state index < -0.39 is 11.6 Å². The predicted molar refractivity (Wildman–Crippen MR) is 73.6 cm³/mol. The molecule has 0 bridgehead atoms. The lowest BCUT2D eigenvalue weighted by molar-refractivity contribution is 0.548. The van der Waals surface area contributed by atoms with Gasteiger partial charge in [-0.15, -0.1) is 0 Å². The van der Waals surface area contributed by atoms with Gasteiger partial charge in [0.2, 0.25) is 0 Å². The third-order valence-electron chi connectivity index (χ3n) is 3.63. The van der Waals surface area contributed by atoms with Crippen LogP contribution in [0.25, 0.3) is 0 Å². The molecular weight excluding hydrogens is 248 g/mol. The zero-order chi connectivity index (χ0) is 13.8. The van der Waals surface area contributed by atoms with Crippen molar-refractivity contribution in [3.63, 3.8) is 0 Å². The van der Waals surface area contributed by atoms with Crippen molar-refractivity contribution in [2.75, 3.05) is 23.3 Å². The van der Waals surface area contributed by atoms with Crippen LogP contribution in [0.1, 0.15) is 39.5 Å². The summed E-state index contributed by atoms with van der Waals surface area (Å²) >= 11 is 0. The van der Waals surface area contributed by atoms with Crippen molar-refractivity contribution < 1.29 is 8.78 Å². The Hall–Kier alpha value is -1.39. The number of anilines is 2. The molecule has 0 aromatic carbocycles. The molecule has 1 fully saturated rings. The second kappa shape index (κ2) is 6.17. The Morgan fingerprint density at radius 1 is 1.26 bits per heavy atom. The summed E-state index contributed by atoms with van der Waals surface area (Å²) in [4.78, 5) is 6.10. The molecule has 0 unspecified atom stereocenters. The van der Waals surface area contributed by atoms with Gasteiger partial charge in [0.1, 0.15) is 0 Å². The molecule has 1 aromatic rings. The highest BCUT2D eigenvalue weighted by molar-refractivity contribution is 5.50. The lowest BCUT2D eigenvalue weighted by Gasteiger charge is -2.29. The predicted octanol–water partition coefficient (Wildman–Crippen LogP) is 3.56. The fraction of sp³-hybridized carbons (Fsp3) is 0.643. The van der Waals surface area contributed by atoms with Gasteiger partial charge in [-0.25, -0.2) is 13.8 Å². The first-order valence-electron chi connectivity index (χ1n) is 7.03. The van der Waals surface area contributed by atoms with Gasteiger partial charge in [-0.2, -0.15) is 0 Å². The Morgan fingerprint density at radius 2 is 1.95 bits per heavy atom. The van der Waals surface area contributed by atoms with Crippen molar-refractivity contribution in [1.82, 2.24) is 4.98 Å². The van der Waals surface area contributed by atoms with Gasteiger partial charge < -0.3 is 10.2 Å². The van der Waals surface area contributed by atoms with Gasteiger partial charge in [0.25, 0.3) is 0 Å². The van der Waals surface area contributed by atoms with Crippen LogP contribution in [0.4, 0.5) is 20.4 Å². The van der Waals surface area contributed by atoms with Crippen LogP contribution in [-0.4, -0.2) is 24.1 Å². The van der Waals surface area contributed by atoms with Crippen LogP contribution in [0.5, 0.6) is 0 Å². The highest BCUT2D eigenvalue weighted by Gasteiger charge is 2.25. The van der Waals surface area contributed by atoms with E-state index >= 15 is 0 Å². The molecule has 106 valence electrons. The highest BCUT2D eigenvalue weighted by atomic mass is 19.1. The van der Waals surface area contributed by atoms with Gasteiger partial charge in [-0.05, 0) is 26.7 Å². The minimum absolute atomic E-state index is 0.135. The van der Waals surface area contributed by atoms with Crippen molar-refractivity contribution in [3.8, 4) is 0 Å². The Labute approximate surface area is 113 Å². The quantitative estimate of drug-likeness (QED) is 0.886. The smallest absolute Gasteiger partial charge is 0.168 e. The molecule has 0 amide bonds. The van der Waals surface area contributed by atoms with Crippen LogP contribution in [0.2, 0.25) is 0 Å². The molecule has 1 heterocycles. The van der Waals surface area contributed by atoms with E-state index in [1.165, 1.54) is 12.8 Å². The van der Waals surface area contributed by atoms with E-state index in [0.29, 0.717) is 19.1 Å². The van der Waals surface area contributed by atoms with Crippen molar-refractivity contribution in [2.45, 2.75) is 45.6 Å². The first kappa shape index (κ1) is 14.0. The highest BCUT2D eigenvalue weighted by Crippen LogP contribution is 2.30. The topological polar surface area (TPSA) is 28.2 Å². The van der Waals surface area contributed by atoms with E-state index in [-0.39, 0.29) is 11.6 Å². The maximum atomic E-state index is 14.0. The molecule has 0 aliphatic heterocycles. The molecule has 2 rings (SSSR count). The number of aromatic nitrogens is 1. The van der Waals surface area contributed by atoms with Crippen molar-refractivity contribution >= 4 is 11.6 Å². The Bertz CT molecular complexity index is 431. The lowest BCUT2D eigenvalue weighted by atomic mass is 10.2. The van der Waals surface area contributed by atoms with Crippen molar-refractivity contribution in [1.29, 1.82) is 0 Å². The molecule has 0 spiro atoms. The first-order valence-corrected chi connectivity index (χ1v) is 7.03. The summed E-state index contributed by atoms with van der Waals surface area (Å²) < 4.78 is 27.6. The zero-order valence-electron chi connectivity index (χ0n) is 11.5. The molecule has 0 saturated heterocycles. The summed E-state index contributed by atoms with van der Waals surface area (Å²) in [5.74, 6) is -0.805. The SMILES string of the molecule is CCNc1nc(N(CC)C2CCCC2)c(F)cc1F. The standard InChI is InChI=1S/C14H21F2N3/c1-3-17-13-11(15)9-12(16)14(18-13)19(4-2)10-7-5-6-8-10/h9-10H,3-8H2,1-2H3,(H,17,18). The minimum atomic E-state index is -0.634. The summed E-state index contributed by atoms with van der Waals surface area (Å²) in [6.07, 6.45) is 4.46. The molecule has 19 heavy (non-hydrogen) atoms. The number of nitrogens with zero attached hydrogens (tertiary/aromatic N) is 2. The van der Waals surface area contributed by atoms with Crippen LogP contribution in [0.15, 0.2) is 6.07 Å². The molecule has 1 aromatic heterocycles. The van der Waals surface area contributed by atoms with Crippen LogP contribution in [0, 0.1) is 11.6 Å². The molecular formula is C14H21F2N3. The van der Waals surface area contributed by atoms with E-state index in [1.807, 2.05) is 18.7 Å². The lowest BCUT2D eigenvalue weighted by Crippen LogP contribution is -2.34. The number of pyridine rings is 1. The number of nitrogens with one attached hydrogen (secondary N) is 1. The summed E-state index contributed by atoms with van der Waals surface area (Å²) in [6, 6.07) is 1.25. The van der Waals surface area contributed by atoms with E-state index in [9.17, 15) is 8.78 Å². The monoisotopic (exact) mass is 269 g/mol. The Kier molecular flexibility index (Phi) is 4.56. The summed E-state index contributed by atoms with van der Waals surface area (Å²) in [7, 11) is 0. The average Bonchev–Trinajstić information content (AvgIpc) is 2.89. The number of hydrogen-bond donors (Lipinski definition) is 1. The van der Waals surface area contributed by atoms with Crippen LogP contribution in [0.3, 0.4) is 0 Å². The second-order valence-corrected chi connectivity index (χ2v) is 4.88. The van der Waals surface area contributed by atoms with Gasteiger partial charge in [-0.1, -0.05) is 12.8 Å². The van der Waals surface area contributed by atoms with Gasteiger partial charge in [-0.3, -0.25) is 0 Å². The summed E-state index contributed by atoms with van der Waals surface area (Å²) in [5.41, 5.74) is 0. The first-order chi connectivity index (χ1) is 9.17. The molecule has 0 atom stereocenters. The number of rotatable bonds is 5. The Morgan fingerprint density at radius 3 is 2.53 bits per heavy atom. The second-order valence-electron chi connectivity index (χ2n) is 4.88. The van der Waals surface area contributed by atoms with Crippen molar-refractivity contribution in [2.24, 2.45) is 0 Å². The van der Waals surface area contributed by atoms with E-state index in [2.05, 4.69) is 10.3 Å². The molecule has 0 radical (unpaired) electrons. The fourth-order valence-electron chi connectivity index (χ4n) is 2.75. The molecule has 5 heteroatoms. The molecule has 3 nitrogen and oxygen atoms in total. The fourth-order valence-corrected chi connectivity index (χ4v) is 2.75. The molecule has 1 saturated carbocycles. The molecule has 1 aliphatic carbocycles.